The fraction of sp³-hybridized carbons (Fsp3) is 0.529. The van der Waals surface area contributed by atoms with Crippen molar-refractivity contribution in [3.05, 3.63) is 35.9 Å². The summed E-state index contributed by atoms with van der Waals surface area (Å²) in [5, 5.41) is 3.00. The molecule has 1 aromatic rings. The number of carbonyl (C=O) groups excluding carboxylic acids is 2. The summed E-state index contributed by atoms with van der Waals surface area (Å²) < 4.78 is 0. The fourth-order valence-electron chi connectivity index (χ4n) is 2.72. The molecule has 3 atom stereocenters. The van der Waals surface area contributed by atoms with E-state index >= 15 is 0 Å². The zero-order chi connectivity index (χ0) is 16.1. The van der Waals surface area contributed by atoms with E-state index in [1.165, 1.54) is 4.90 Å². The Kier molecular flexibility index (Phi) is 5.89. The smallest absolute Gasteiger partial charge is 0.324 e. The van der Waals surface area contributed by atoms with Gasteiger partial charge in [0.25, 0.3) is 0 Å². The molecule has 2 unspecified atom stereocenters. The number of hydrogen-bond acceptors (Lipinski definition) is 3. The molecule has 1 aromatic carbocycles. The Bertz CT molecular complexity index is 521. The number of β-lactam (4-membered cyclic amide) rings is 1. The van der Waals surface area contributed by atoms with Crippen LogP contribution in [-0.2, 0) is 4.79 Å². The van der Waals surface area contributed by atoms with E-state index in [2.05, 4.69) is 12.2 Å². The second kappa shape index (κ2) is 7.68. The van der Waals surface area contributed by atoms with Gasteiger partial charge in [-0.15, -0.1) is 0 Å². The van der Waals surface area contributed by atoms with Crippen LogP contribution in [0.1, 0.15) is 38.8 Å². The lowest BCUT2D eigenvalue weighted by atomic mass is 9.91. The second-order valence-corrected chi connectivity index (χ2v) is 6.86. The average molecular weight is 320 g/mol. The lowest BCUT2D eigenvalue weighted by Gasteiger charge is -2.44. The van der Waals surface area contributed by atoms with Gasteiger partial charge in [0.2, 0.25) is 5.91 Å². The second-order valence-electron chi connectivity index (χ2n) is 5.54. The molecule has 1 fully saturated rings. The van der Waals surface area contributed by atoms with Gasteiger partial charge >= 0.3 is 6.03 Å². The first-order valence-electron chi connectivity index (χ1n) is 7.86. The highest BCUT2D eigenvalue weighted by Crippen LogP contribution is 2.30. The van der Waals surface area contributed by atoms with Gasteiger partial charge in [-0.2, -0.15) is 11.8 Å². The highest BCUT2D eigenvalue weighted by Gasteiger charge is 2.47. The third-order valence-corrected chi connectivity index (χ3v) is 5.14. The molecule has 0 aliphatic carbocycles. The van der Waals surface area contributed by atoms with Gasteiger partial charge in [-0.25, -0.2) is 4.79 Å². The Morgan fingerprint density at radius 3 is 2.59 bits per heavy atom. The number of nitrogens with one attached hydrogen (secondary N) is 1. The zero-order valence-electron chi connectivity index (χ0n) is 13.4. The summed E-state index contributed by atoms with van der Waals surface area (Å²) in [7, 11) is 0. The largest absolute Gasteiger partial charge is 0.331 e. The number of thioether (sulfide) groups is 1. The van der Waals surface area contributed by atoms with Crippen LogP contribution in [0.4, 0.5) is 4.79 Å². The molecule has 0 aromatic heterocycles. The van der Waals surface area contributed by atoms with Gasteiger partial charge in [-0.3, -0.25) is 9.69 Å². The van der Waals surface area contributed by atoms with Gasteiger partial charge in [-0.1, -0.05) is 51.1 Å². The Balaban J connectivity index is 2.02. The van der Waals surface area contributed by atoms with Gasteiger partial charge in [-0.05, 0) is 17.7 Å². The van der Waals surface area contributed by atoms with Gasteiger partial charge in [0.1, 0.15) is 0 Å². The molecule has 0 saturated carbocycles. The topological polar surface area (TPSA) is 49.4 Å². The van der Waals surface area contributed by atoms with Crippen LogP contribution in [0.15, 0.2) is 30.3 Å². The van der Waals surface area contributed by atoms with Crippen LogP contribution >= 0.6 is 11.8 Å². The fourth-order valence-corrected chi connectivity index (χ4v) is 3.64. The number of benzene rings is 1. The molecule has 0 radical (unpaired) electrons. The molecule has 1 saturated heterocycles. The monoisotopic (exact) mass is 320 g/mol. The normalized spacial score (nSPS) is 22.1. The summed E-state index contributed by atoms with van der Waals surface area (Å²) in [6.07, 6.45) is 0.793. The molecule has 4 nitrogen and oxygen atoms in total. The minimum absolute atomic E-state index is 0.0192. The van der Waals surface area contributed by atoms with Crippen molar-refractivity contribution >= 4 is 23.7 Å². The molecule has 120 valence electrons. The zero-order valence-corrected chi connectivity index (χ0v) is 14.2. The third kappa shape index (κ3) is 3.46. The van der Waals surface area contributed by atoms with Gasteiger partial charge < -0.3 is 5.32 Å². The number of hydrogen-bond donors (Lipinski definition) is 1. The number of nitrogens with zero attached hydrogens (tertiary/aromatic N) is 1. The first kappa shape index (κ1) is 16.9. The van der Waals surface area contributed by atoms with Crippen LogP contribution in [0.25, 0.3) is 0 Å². The van der Waals surface area contributed by atoms with Crippen molar-refractivity contribution in [3.8, 4) is 0 Å². The quantitative estimate of drug-likeness (QED) is 0.817. The predicted molar refractivity (Wildman–Crippen MR) is 90.8 cm³/mol. The van der Waals surface area contributed by atoms with Crippen LogP contribution in [0.3, 0.4) is 0 Å². The molecule has 2 rings (SSSR count). The maximum Gasteiger partial charge on any atom is 0.324 e. The summed E-state index contributed by atoms with van der Waals surface area (Å²) in [4.78, 5) is 25.9. The predicted octanol–water partition coefficient (Wildman–Crippen LogP) is 3.45. The van der Waals surface area contributed by atoms with Crippen LogP contribution in [0.2, 0.25) is 0 Å². The third-order valence-electron chi connectivity index (χ3n) is 4.16. The molecule has 5 heteroatoms. The first-order chi connectivity index (χ1) is 10.6. The Labute approximate surface area is 136 Å². The molecule has 1 aliphatic rings. The molecular weight excluding hydrogens is 296 g/mol. The number of likely N-dealkylation sites (tertiary alicyclic amines) is 1. The molecule has 3 amide bonds. The maximum atomic E-state index is 12.5. The molecule has 1 heterocycles. The maximum absolute atomic E-state index is 12.5. The van der Waals surface area contributed by atoms with Crippen LogP contribution in [0, 0.1) is 5.92 Å². The van der Waals surface area contributed by atoms with Gasteiger partial charge in [0, 0.05) is 5.75 Å². The van der Waals surface area contributed by atoms with E-state index in [4.69, 9.17) is 0 Å². The van der Waals surface area contributed by atoms with E-state index in [9.17, 15) is 9.59 Å². The highest BCUT2D eigenvalue weighted by molar-refractivity contribution is 7.99. The van der Waals surface area contributed by atoms with Crippen molar-refractivity contribution in [2.75, 3.05) is 11.5 Å². The summed E-state index contributed by atoms with van der Waals surface area (Å²) in [6, 6.07) is 9.57. The number of carbonyl (C=O) groups is 2. The van der Waals surface area contributed by atoms with Crippen molar-refractivity contribution in [1.29, 1.82) is 0 Å². The highest BCUT2D eigenvalue weighted by atomic mass is 32.2. The Hall–Kier alpha value is -1.49. The molecule has 22 heavy (non-hydrogen) atoms. The SMILES string of the molecule is CCSCC1C(C)C(=O)N1C(=O)N[C@H](CC)c1ccccc1. The number of urea groups is 1. The summed E-state index contributed by atoms with van der Waals surface area (Å²) in [5.74, 6) is 1.69. The summed E-state index contributed by atoms with van der Waals surface area (Å²) in [6.45, 7) is 6.02. The van der Waals surface area contributed by atoms with Crippen LogP contribution < -0.4 is 5.32 Å². The standard InChI is InChI=1S/C17H24N2O2S/c1-4-14(13-9-7-6-8-10-13)18-17(21)19-15(11-22-5-2)12(3)16(19)20/h6-10,12,14-15H,4-5,11H2,1-3H3,(H,18,21)/t12?,14-,15?/m1/s1. The van der Waals surface area contributed by atoms with Gasteiger partial charge in [0.15, 0.2) is 0 Å². The van der Waals surface area contributed by atoms with Crippen LogP contribution in [0.5, 0.6) is 0 Å². The van der Waals surface area contributed by atoms with E-state index < -0.39 is 0 Å². The lowest BCUT2D eigenvalue weighted by molar-refractivity contribution is -0.147. The summed E-state index contributed by atoms with van der Waals surface area (Å²) in [5.41, 5.74) is 1.07. The van der Waals surface area contributed by atoms with E-state index in [-0.39, 0.29) is 29.9 Å². The van der Waals surface area contributed by atoms with Crippen molar-refractivity contribution in [2.45, 2.75) is 39.3 Å². The number of rotatable bonds is 6. The van der Waals surface area contributed by atoms with E-state index in [1.807, 2.05) is 44.2 Å². The molecule has 0 bridgehead atoms. The molecular formula is C17H24N2O2S. The Morgan fingerprint density at radius 2 is 2.00 bits per heavy atom. The molecule has 1 N–H and O–H groups in total. The van der Waals surface area contributed by atoms with E-state index in [0.717, 1.165) is 23.5 Å². The molecule has 1 aliphatic heterocycles. The van der Waals surface area contributed by atoms with E-state index in [1.54, 1.807) is 11.8 Å². The average Bonchev–Trinajstić information content (AvgIpc) is 2.56. The van der Waals surface area contributed by atoms with Crippen molar-refractivity contribution < 1.29 is 9.59 Å². The van der Waals surface area contributed by atoms with Crippen molar-refractivity contribution in [2.24, 2.45) is 5.92 Å². The number of amides is 3. The number of imide groups is 1. The van der Waals surface area contributed by atoms with Crippen molar-refractivity contribution in [1.82, 2.24) is 10.2 Å². The Morgan fingerprint density at radius 1 is 1.32 bits per heavy atom. The lowest BCUT2D eigenvalue weighted by Crippen LogP contribution is -2.65. The molecule has 0 spiro atoms. The summed E-state index contributed by atoms with van der Waals surface area (Å²) >= 11 is 1.77. The minimum atomic E-state index is -0.263. The van der Waals surface area contributed by atoms with E-state index in [0.29, 0.717) is 0 Å². The minimum Gasteiger partial charge on any atom is -0.331 e. The van der Waals surface area contributed by atoms with Crippen molar-refractivity contribution in [3.63, 3.8) is 0 Å². The van der Waals surface area contributed by atoms with Gasteiger partial charge in [0.05, 0.1) is 18.0 Å². The van der Waals surface area contributed by atoms with Crippen LogP contribution in [-0.4, -0.2) is 34.4 Å². The first-order valence-corrected chi connectivity index (χ1v) is 9.01.